The normalized spacial score (nSPS) is 13.2. The van der Waals surface area contributed by atoms with Crippen molar-refractivity contribution < 1.29 is 14.3 Å². The molecule has 3 rings (SSSR count). The Hall–Kier alpha value is -3.04. The molecule has 0 radical (unpaired) electrons. The minimum Gasteiger partial charge on any atom is -0.449 e. The summed E-state index contributed by atoms with van der Waals surface area (Å²) in [6.07, 6.45) is -0.175. The lowest BCUT2D eigenvalue weighted by Gasteiger charge is -2.27. The van der Waals surface area contributed by atoms with Crippen molar-refractivity contribution in [3.8, 4) is 6.07 Å². The molecular weight excluding hydrogens is 519 g/mol. The number of halogens is 3. The molecule has 0 heterocycles. The maximum absolute atomic E-state index is 13.2. The minimum atomic E-state index is -1.03. The molecule has 0 fully saturated rings. The van der Waals surface area contributed by atoms with E-state index in [0.717, 1.165) is 11.1 Å². The molecular formula is C28H25Cl3N2O3. The molecule has 3 aromatic carbocycles. The van der Waals surface area contributed by atoms with Crippen LogP contribution in [0.4, 0.5) is 0 Å². The molecule has 5 nitrogen and oxygen atoms in total. The van der Waals surface area contributed by atoms with Crippen molar-refractivity contribution in [1.82, 2.24) is 5.32 Å². The second-order valence-corrected chi connectivity index (χ2v) is 9.62. The fraction of sp³-hybridized carbons (Fsp3) is 0.250. The van der Waals surface area contributed by atoms with E-state index in [1.165, 1.54) is 12.1 Å². The van der Waals surface area contributed by atoms with Crippen LogP contribution in [0.1, 0.15) is 53.2 Å². The zero-order chi connectivity index (χ0) is 26.2. The minimum absolute atomic E-state index is 0.0223. The Morgan fingerprint density at radius 2 is 1.64 bits per heavy atom. The second kappa shape index (κ2) is 12.8. The van der Waals surface area contributed by atoms with E-state index < -0.39 is 18.0 Å². The fourth-order valence-electron chi connectivity index (χ4n) is 3.92. The lowest BCUT2D eigenvalue weighted by atomic mass is 9.85. The predicted molar refractivity (Wildman–Crippen MR) is 143 cm³/mol. The third kappa shape index (κ3) is 7.01. The summed E-state index contributed by atoms with van der Waals surface area (Å²) in [6, 6.07) is 21.3. The molecule has 1 N–H and O–H groups in total. The first-order valence-electron chi connectivity index (χ1n) is 11.4. The largest absolute Gasteiger partial charge is 0.449 e. The van der Waals surface area contributed by atoms with Gasteiger partial charge >= 0.3 is 5.97 Å². The zero-order valence-electron chi connectivity index (χ0n) is 19.8. The summed E-state index contributed by atoms with van der Waals surface area (Å²) in [5, 5.41) is 13.3. The summed E-state index contributed by atoms with van der Waals surface area (Å²) >= 11 is 18.3. The van der Waals surface area contributed by atoms with Gasteiger partial charge in [0.15, 0.2) is 6.10 Å². The highest BCUT2D eigenvalue weighted by atomic mass is 35.5. The number of nitrogens with one attached hydrogen (secondary N) is 1. The standard InChI is InChI=1S/C28H25Cl3N2O3/c1-3-25(36-28(35)26-23(30)8-5-9-24(26)31)27(34)33-17(2)22(15-18-10-12-21(29)13-11-18)20-7-4-6-19(14-20)16-32/h4-14,17,22,25H,3,15H2,1-2H3,(H,33,34). The highest BCUT2D eigenvalue weighted by Crippen LogP contribution is 2.28. The Kier molecular flexibility index (Phi) is 9.78. The second-order valence-electron chi connectivity index (χ2n) is 8.37. The van der Waals surface area contributed by atoms with E-state index in [2.05, 4.69) is 11.4 Å². The van der Waals surface area contributed by atoms with Crippen LogP contribution in [0.3, 0.4) is 0 Å². The van der Waals surface area contributed by atoms with Crippen LogP contribution in [0.25, 0.3) is 0 Å². The number of rotatable bonds is 9. The first-order chi connectivity index (χ1) is 17.2. The van der Waals surface area contributed by atoms with Gasteiger partial charge in [-0.15, -0.1) is 0 Å². The summed E-state index contributed by atoms with van der Waals surface area (Å²) in [5.74, 6) is -1.35. The average Bonchev–Trinajstić information content (AvgIpc) is 2.86. The van der Waals surface area contributed by atoms with Gasteiger partial charge in [0, 0.05) is 17.0 Å². The van der Waals surface area contributed by atoms with Crippen LogP contribution in [0.5, 0.6) is 0 Å². The molecule has 0 bridgehead atoms. The molecule has 1 amide bonds. The molecule has 0 saturated carbocycles. The molecule has 0 spiro atoms. The third-order valence-corrected chi connectivity index (χ3v) is 6.75. The summed E-state index contributed by atoms with van der Waals surface area (Å²) in [7, 11) is 0. The number of carbonyl (C=O) groups excluding carboxylic acids is 2. The van der Waals surface area contributed by atoms with Gasteiger partial charge in [0.25, 0.3) is 5.91 Å². The molecule has 3 aromatic rings. The first-order valence-corrected chi connectivity index (χ1v) is 12.6. The van der Waals surface area contributed by atoms with E-state index in [9.17, 15) is 14.9 Å². The fourth-order valence-corrected chi connectivity index (χ4v) is 4.60. The number of hydrogen-bond acceptors (Lipinski definition) is 4. The zero-order valence-corrected chi connectivity index (χ0v) is 22.1. The number of benzene rings is 3. The number of nitriles is 1. The molecule has 0 aliphatic heterocycles. The molecule has 0 aliphatic rings. The van der Waals surface area contributed by atoms with Crippen molar-refractivity contribution in [2.24, 2.45) is 0 Å². The van der Waals surface area contributed by atoms with Crippen LogP contribution in [-0.2, 0) is 16.0 Å². The van der Waals surface area contributed by atoms with Gasteiger partial charge in [-0.25, -0.2) is 4.79 Å². The van der Waals surface area contributed by atoms with Crippen molar-refractivity contribution in [2.75, 3.05) is 0 Å². The Morgan fingerprint density at radius 3 is 2.25 bits per heavy atom. The molecule has 8 heteroatoms. The van der Waals surface area contributed by atoms with Crippen LogP contribution >= 0.6 is 34.8 Å². The number of ether oxygens (including phenoxy) is 1. The molecule has 0 aromatic heterocycles. The van der Waals surface area contributed by atoms with Crippen molar-refractivity contribution in [3.05, 3.63) is 104 Å². The Balaban J connectivity index is 1.80. The summed E-state index contributed by atoms with van der Waals surface area (Å²) in [6.45, 7) is 3.63. The highest BCUT2D eigenvalue weighted by Gasteiger charge is 2.28. The van der Waals surface area contributed by atoms with Crippen molar-refractivity contribution in [2.45, 2.75) is 44.8 Å². The molecule has 0 saturated heterocycles. The summed E-state index contributed by atoms with van der Waals surface area (Å²) in [5.41, 5.74) is 2.49. The van der Waals surface area contributed by atoms with Gasteiger partial charge in [-0.3, -0.25) is 4.79 Å². The first kappa shape index (κ1) is 27.5. The van der Waals surface area contributed by atoms with Crippen molar-refractivity contribution in [1.29, 1.82) is 5.26 Å². The Bertz CT molecular complexity index is 1250. The molecule has 186 valence electrons. The Labute approximate surface area is 225 Å². The van der Waals surface area contributed by atoms with E-state index in [-0.39, 0.29) is 34.0 Å². The van der Waals surface area contributed by atoms with Crippen LogP contribution in [0.15, 0.2) is 66.7 Å². The Morgan fingerprint density at radius 1 is 1.00 bits per heavy atom. The van der Waals surface area contributed by atoms with Gasteiger partial charge in [0.2, 0.25) is 0 Å². The lowest BCUT2D eigenvalue weighted by molar-refractivity contribution is -0.130. The SMILES string of the molecule is CCC(OC(=O)c1c(Cl)cccc1Cl)C(=O)NC(C)C(Cc1ccc(Cl)cc1)c1cccc(C#N)c1. The van der Waals surface area contributed by atoms with E-state index in [4.69, 9.17) is 39.5 Å². The van der Waals surface area contributed by atoms with Gasteiger partial charge in [-0.2, -0.15) is 5.26 Å². The molecule has 36 heavy (non-hydrogen) atoms. The van der Waals surface area contributed by atoms with Gasteiger partial charge in [0.1, 0.15) is 0 Å². The number of nitrogens with zero attached hydrogens (tertiary/aromatic N) is 1. The van der Waals surface area contributed by atoms with Crippen molar-refractivity contribution in [3.63, 3.8) is 0 Å². The van der Waals surface area contributed by atoms with Gasteiger partial charge in [-0.05, 0) is 67.3 Å². The van der Waals surface area contributed by atoms with E-state index in [1.54, 1.807) is 19.1 Å². The molecule has 3 unspecified atom stereocenters. The highest BCUT2D eigenvalue weighted by molar-refractivity contribution is 6.39. The summed E-state index contributed by atoms with van der Waals surface area (Å²) < 4.78 is 5.49. The van der Waals surface area contributed by atoms with Gasteiger partial charge in [-0.1, -0.05) is 72.1 Å². The molecule has 3 atom stereocenters. The maximum Gasteiger partial charge on any atom is 0.341 e. The topological polar surface area (TPSA) is 79.2 Å². The van der Waals surface area contributed by atoms with Crippen LogP contribution in [0.2, 0.25) is 15.1 Å². The smallest absolute Gasteiger partial charge is 0.341 e. The van der Waals surface area contributed by atoms with Crippen LogP contribution < -0.4 is 5.32 Å². The lowest BCUT2D eigenvalue weighted by Crippen LogP contribution is -2.44. The quantitative estimate of drug-likeness (QED) is 0.295. The third-order valence-electron chi connectivity index (χ3n) is 5.87. The number of amides is 1. The average molecular weight is 544 g/mol. The number of esters is 1. The molecule has 0 aliphatic carbocycles. The van der Waals surface area contributed by atoms with E-state index >= 15 is 0 Å². The van der Waals surface area contributed by atoms with E-state index in [0.29, 0.717) is 17.0 Å². The maximum atomic E-state index is 13.2. The number of carbonyl (C=O) groups is 2. The van der Waals surface area contributed by atoms with Crippen LogP contribution in [0, 0.1) is 11.3 Å². The predicted octanol–water partition coefficient (Wildman–Crippen LogP) is 6.99. The van der Waals surface area contributed by atoms with E-state index in [1.807, 2.05) is 49.4 Å². The van der Waals surface area contributed by atoms with Crippen LogP contribution in [-0.4, -0.2) is 24.0 Å². The number of hydrogen-bond donors (Lipinski definition) is 1. The summed E-state index contributed by atoms with van der Waals surface area (Å²) in [4.78, 5) is 25.9. The van der Waals surface area contributed by atoms with Gasteiger partial charge < -0.3 is 10.1 Å². The monoisotopic (exact) mass is 542 g/mol. The van der Waals surface area contributed by atoms with Crippen molar-refractivity contribution >= 4 is 46.7 Å². The van der Waals surface area contributed by atoms with Gasteiger partial charge in [0.05, 0.1) is 27.2 Å².